The van der Waals surface area contributed by atoms with E-state index >= 15 is 0 Å². The Bertz CT molecular complexity index is 564. The van der Waals surface area contributed by atoms with Crippen molar-refractivity contribution in [2.45, 2.75) is 25.8 Å². The van der Waals surface area contributed by atoms with Crippen LogP contribution in [0.25, 0.3) is 0 Å². The third-order valence-electron chi connectivity index (χ3n) is 3.19. The van der Waals surface area contributed by atoms with Crippen molar-refractivity contribution in [2.75, 3.05) is 6.54 Å². The van der Waals surface area contributed by atoms with Crippen molar-refractivity contribution in [3.8, 4) is 6.07 Å². The standard InChI is InChI=1S/C16H18N2O/c1-16(2,13-6-4-3-5-7-13)12-18-11-15-9-8-14(10-17)19-15/h3-9,18H,11-12H2,1-2H3. The Balaban J connectivity index is 1.90. The molecule has 0 saturated carbocycles. The summed E-state index contributed by atoms with van der Waals surface area (Å²) in [6.07, 6.45) is 0. The van der Waals surface area contributed by atoms with Crippen LogP contribution in [0.5, 0.6) is 0 Å². The van der Waals surface area contributed by atoms with Gasteiger partial charge >= 0.3 is 0 Å². The van der Waals surface area contributed by atoms with E-state index in [0.717, 1.165) is 12.3 Å². The second-order valence-corrected chi connectivity index (χ2v) is 5.23. The van der Waals surface area contributed by atoms with E-state index in [1.54, 1.807) is 6.07 Å². The first-order valence-corrected chi connectivity index (χ1v) is 6.37. The molecule has 0 aliphatic heterocycles. The van der Waals surface area contributed by atoms with Gasteiger partial charge < -0.3 is 9.73 Å². The Morgan fingerprint density at radius 2 is 1.89 bits per heavy atom. The fourth-order valence-corrected chi connectivity index (χ4v) is 2.02. The van der Waals surface area contributed by atoms with Crippen molar-refractivity contribution >= 4 is 0 Å². The van der Waals surface area contributed by atoms with Crippen molar-refractivity contribution in [1.82, 2.24) is 5.32 Å². The number of nitrogens with zero attached hydrogens (tertiary/aromatic N) is 1. The lowest BCUT2D eigenvalue weighted by Crippen LogP contribution is -2.32. The Morgan fingerprint density at radius 1 is 1.16 bits per heavy atom. The molecule has 3 nitrogen and oxygen atoms in total. The average Bonchev–Trinajstić information content (AvgIpc) is 2.87. The van der Waals surface area contributed by atoms with Gasteiger partial charge in [0, 0.05) is 12.0 Å². The molecule has 0 unspecified atom stereocenters. The normalized spacial score (nSPS) is 11.2. The molecule has 2 rings (SSSR count). The van der Waals surface area contributed by atoms with Crippen LogP contribution in [0.1, 0.15) is 30.9 Å². The summed E-state index contributed by atoms with van der Waals surface area (Å²) < 4.78 is 5.33. The van der Waals surface area contributed by atoms with E-state index in [1.165, 1.54) is 5.56 Å². The Labute approximate surface area is 113 Å². The number of nitrogens with one attached hydrogen (secondary N) is 1. The summed E-state index contributed by atoms with van der Waals surface area (Å²) in [5, 5.41) is 12.1. The van der Waals surface area contributed by atoms with Crippen LogP contribution in [0, 0.1) is 11.3 Å². The molecule has 0 amide bonds. The molecule has 0 saturated heterocycles. The van der Waals surface area contributed by atoms with Gasteiger partial charge in [-0.25, -0.2) is 0 Å². The highest BCUT2D eigenvalue weighted by Gasteiger charge is 2.19. The Kier molecular flexibility index (Phi) is 4.03. The zero-order valence-corrected chi connectivity index (χ0v) is 11.3. The summed E-state index contributed by atoms with van der Waals surface area (Å²) in [4.78, 5) is 0. The molecule has 1 aromatic heterocycles. The fourth-order valence-electron chi connectivity index (χ4n) is 2.02. The molecule has 1 heterocycles. The molecule has 2 aromatic rings. The van der Waals surface area contributed by atoms with E-state index in [-0.39, 0.29) is 5.41 Å². The summed E-state index contributed by atoms with van der Waals surface area (Å²) in [6.45, 7) is 5.90. The van der Waals surface area contributed by atoms with Gasteiger partial charge in [-0.2, -0.15) is 5.26 Å². The van der Waals surface area contributed by atoms with Gasteiger partial charge in [0.15, 0.2) is 0 Å². The molecule has 0 spiro atoms. The topological polar surface area (TPSA) is 49.0 Å². The second kappa shape index (κ2) is 5.73. The molecule has 3 heteroatoms. The minimum atomic E-state index is 0.0614. The van der Waals surface area contributed by atoms with Crippen LogP contribution < -0.4 is 5.32 Å². The van der Waals surface area contributed by atoms with Crippen molar-refractivity contribution < 1.29 is 4.42 Å². The zero-order valence-electron chi connectivity index (χ0n) is 11.3. The molecule has 1 N–H and O–H groups in total. The van der Waals surface area contributed by atoms with Gasteiger partial charge in [-0.15, -0.1) is 0 Å². The predicted molar refractivity (Wildman–Crippen MR) is 74.6 cm³/mol. The Morgan fingerprint density at radius 3 is 2.53 bits per heavy atom. The fraction of sp³-hybridized carbons (Fsp3) is 0.312. The van der Waals surface area contributed by atoms with Gasteiger partial charge in [0.1, 0.15) is 11.8 Å². The quantitative estimate of drug-likeness (QED) is 0.891. The highest BCUT2D eigenvalue weighted by Crippen LogP contribution is 2.21. The number of nitriles is 1. The zero-order chi connectivity index (χ0) is 13.7. The number of furan rings is 1. The molecule has 0 aliphatic rings. The molecule has 1 aromatic carbocycles. The van der Waals surface area contributed by atoms with Crippen LogP contribution >= 0.6 is 0 Å². The first-order valence-electron chi connectivity index (χ1n) is 6.37. The number of hydrogen-bond acceptors (Lipinski definition) is 3. The van der Waals surface area contributed by atoms with E-state index in [4.69, 9.17) is 9.68 Å². The molecule has 0 fully saturated rings. The van der Waals surface area contributed by atoms with Crippen LogP contribution in [-0.2, 0) is 12.0 Å². The maximum atomic E-state index is 8.69. The van der Waals surface area contributed by atoms with Gasteiger partial charge in [-0.05, 0) is 17.7 Å². The van der Waals surface area contributed by atoms with Crippen LogP contribution in [0.3, 0.4) is 0 Å². The average molecular weight is 254 g/mol. The summed E-state index contributed by atoms with van der Waals surface area (Å²) in [6, 6.07) is 15.9. The van der Waals surface area contributed by atoms with Crippen molar-refractivity contribution in [2.24, 2.45) is 0 Å². The third kappa shape index (κ3) is 3.46. The lowest BCUT2D eigenvalue weighted by atomic mass is 9.84. The van der Waals surface area contributed by atoms with Crippen LogP contribution in [0.2, 0.25) is 0 Å². The minimum Gasteiger partial charge on any atom is -0.449 e. The molecule has 19 heavy (non-hydrogen) atoms. The Hall–Kier alpha value is -2.05. The maximum absolute atomic E-state index is 8.69. The first-order chi connectivity index (χ1) is 9.12. The van der Waals surface area contributed by atoms with Gasteiger partial charge in [0.05, 0.1) is 6.54 Å². The molecule has 0 bridgehead atoms. The van der Waals surface area contributed by atoms with E-state index in [0.29, 0.717) is 12.3 Å². The minimum absolute atomic E-state index is 0.0614. The summed E-state index contributed by atoms with van der Waals surface area (Å²) in [5.74, 6) is 1.15. The molecule has 98 valence electrons. The third-order valence-corrected chi connectivity index (χ3v) is 3.19. The summed E-state index contributed by atoms with van der Waals surface area (Å²) >= 11 is 0. The second-order valence-electron chi connectivity index (χ2n) is 5.23. The maximum Gasteiger partial charge on any atom is 0.203 e. The largest absolute Gasteiger partial charge is 0.449 e. The van der Waals surface area contributed by atoms with E-state index in [2.05, 4.69) is 43.4 Å². The van der Waals surface area contributed by atoms with Gasteiger partial charge in [-0.1, -0.05) is 44.2 Å². The van der Waals surface area contributed by atoms with Crippen LogP contribution in [0.4, 0.5) is 0 Å². The molecule has 0 aliphatic carbocycles. The number of benzene rings is 1. The molecule has 0 radical (unpaired) electrons. The van der Waals surface area contributed by atoms with Gasteiger partial charge in [-0.3, -0.25) is 0 Å². The van der Waals surface area contributed by atoms with Crippen molar-refractivity contribution in [3.05, 3.63) is 59.5 Å². The van der Waals surface area contributed by atoms with E-state index in [9.17, 15) is 0 Å². The van der Waals surface area contributed by atoms with Crippen LogP contribution in [-0.4, -0.2) is 6.54 Å². The molecular weight excluding hydrogens is 236 g/mol. The van der Waals surface area contributed by atoms with Crippen LogP contribution in [0.15, 0.2) is 46.9 Å². The number of rotatable bonds is 5. The summed E-state index contributed by atoms with van der Waals surface area (Å²) in [5.41, 5.74) is 1.37. The SMILES string of the molecule is CC(C)(CNCc1ccc(C#N)o1)c1ccccc1. The number of hydrogen-bond donors (Lipinski definition) is 1. The van der Waals surface area contributed by atoms with E-state index < -0.39 is 0 Å². The summed E-state index contributed by atoms with van der Waals surface area (Å²) in [7, 11) is 0. The van der Waals surface area contributed by atoms with Crippen molar-refractivity contribution in [3.63, 3.8) is 0 Å². The lowest BCUT2D eigenvalue weighted by Gasteiger charge is -2.25. The van der Waals surface area contributed by atoms with Crippen molar-refractivity contribution in [1.29, 1.82) is 5.26 Å². The smallest absolute Gasteiger partial charge is 0.203 e. The highest BCUT2D eigenvalue weighted by atomic mass is 16.3. The monoisotopic (exact) mass is 254 g/mol. The predicted octanol–water partition coefficient (Wildman–Crippen LogP) is 3.22. The lowest BCUT2D eigenvalue weighted by molar-refractivity contribution is 0.429. The molecular formula is C16H18N2O. The van der Waals surface area contributed by atoms with E-state index in [1.807, 2.05) is 18.2 Å². The van der Waals surface area contributed by atoms with Gasteiger partial charge in [0.25, 0.3) is 0 Å². The highest BCUT2D eigenvalue weighted by molar-refractivity contribution is 5.24. The first kappa shape index (κ1) is 13.4. The van der Waals surface area contributed by atoms with Gasteiger partial charge in [0.2, 0.25) is 5.76 Å². The molecule has 0 atom stereocenters.